The minimum absolute atomic E-state index is 0.117. The smallest absolute Gasteiger partial charge is 0.235 e. The molecule has 2 N–H and O–H groups in total. The summed E-state index contributed by atoms with van der Waals surface area (Å²) in [6.45, 7) is 6.06. The average molecular weight is 356 g/mol. The number of H-pyrrole nitrogens is 1. The van der Waals surface area contributed by atoms with Crippen molar-refractivity contribution in [1.29, 1.82) is 0 Å². The van der Waals surface area contributed by atoms with Crippen molar-refractivity contribution in [3.8, 4) is 11.4 Å². The van der Waals surface area contributed by atoms with Crippen molar-refractivity contribution in [3.63, 3.8) is 0 Å². The Balaban J connectivity index is 1.57. The van der Waals surface area contributed by atoms with Crippen LogP contribution >= 0.6 is 11.8 Å². The molecule has 0 unspecified atom stereocenters. The van der Waals surface area contributed by atoms with Gasteiger partial charge in [0.1, 0.15) is 5.82 Å². The number of amides is 1. The number of hydrogen-bond donors (Lipinski definition) is 2. The molecule has 1 aromatic carbocycles. The third-order valence-corrected chi connectivity index (χ3v) is 4.40. The summed E-state index contributed by atoms with van der Waals surface area (Å²) in [6.07, 6.45) is 1.67. The molecule has 0 fully saturated rings. The van der Waals surface area contributed by atoms with Gasteiger partial charge < -0.3 is 5.32 Å². The fraction of sp³-hybridized carbons (Fsp3) is 0.294. The standard InChI is InChI=1S/C17H20N6OS/c1-11(2)23-14(8-9-18-23)19-15(24)10-25-17-20-16(21-22-17)13-6-4-12(3)5-7-13/h4-9,11H,10H2,1-3H3,(H,19,24)(H,20,21,22). The van der Waals surface area contributed by atoms with Crippen LogP contribution in [0.4, 0.5) is 5.82 Å². The Labute approximate surface area is 150 Å². The molecule has 130 valence electrons. The van der Waals surface area contributed by atoms with Crippen LogP contribution in [-0.4, -0.2) is 36.6 Å². The maximum absolute atomic E-state index is 12.1. The SMILES string of the molecule is Cc1ccc(-c2nc(SCC(=O)Nc3ccnn3C(C)C)n[nH]2)cc1. The third kappa shape index (κ3) is 4.27. The van der Waals surface area contributed by atoms with E-state index in [9.17, 15) is 4.79 Å². The van der Waals surface area contributed by atoms with Crippen molar-refractivity contribution in [2.75, 3.05) is 11.1 Å². The van der Waals surface area contributed by atoms with E-state index in [0.717, 1.165) is 5.56 Å². The summed E-state index contributed by atoms with van der Waals surface area (Å²) < 4.78 is 1.77. The minimum atomic E-state index is -0.117. The molecule has 0 saturated carbocycles. The molecule has 0 atom stereocenters. The van der Waals surface area contributed by atoms with Crippen LogP contribution in [0.3, 0.4) is 0 Å². The number of thioether (sulfide) groups is 1. The van der Waals surface area contributed by atoms with Crippen LogP contribution in [0.15, 0.2) is 41.7 Å². The molecule has 3 rings (SSSR count). The number of aromatic nitrogens is 5. The molecule has 2 heterocycles. The van der Waals surface area contributed by atoms with Gasteiger partial charge in [-0.05, 0) is 20.8 Å². The van der Waals surface area contributed by atoms with Crippen LogP contribution in [0.1, 0.15) is 25.5 Å². The summed E-state index contributed by atoms with van der Waals surface area (Å²) in [6, 6.07) is 9.99. The summed E-state index contributed by atoms with van der Waals surface area (Å²) >= 11 is 1.29. The molecule has 3 aromatic rings. The number of benzene rings is 1. The van der Waals surface area contributed by atoms with Crippen molar-refractivity contribution in [1.82, 2.24) is 25.0 Å². The number of carbonyl (C=O) groups excluding carboxylic acids is 1. The zero-order valence-electron chi connectivity index (χ0n) is 14.4. The van der Waals surface area contributed by atoms with Gasteiger partial charge in [-0.25, -0.2) is 9.67 Å². The van der Waals surface area contributed by atoms with Crippen LogP contribution in [0.5, 0.6) is 0 Å². The predicted octanol–water partition coefficient (Wildman–Crippen LogP) is 3.29. The molecule has 0 saturated heterocycles. The molecular formula is C17H20N6OS. The number of nitrogens with zero attached hydrogens (tertiary/aromatic N) is 4. The highest BCUT2D eigenvalue weighted by Gasteiger charge is 2.12. The fourth-order valence-electron chi connectivity index (χ4n) is 2.29. The van der Waals surface area contributed by atoms with Gasteiger partial charge in [-0.1, -0.05) is 41.6 Å². The first-order chi connectivity index (χ1) is 12.0. The molecule has 0 aliphatic carbocycles. The van der Waals surface area contributed by atoms with Gasteiger partial charge in [-0.3, -0.25) is 9.89 Å². The maximum atomic E-state index is 12.1. The van der Waals surface area contributed by atoms with E-state index in [1.165, 1.54) is 17.3 Å². The van der Waals surface area contributed by atoms with Crippen molar-refractivity contribution in [3.05, 3.63) is 42.1 Å². The zero-order valence-corrected chi connectivity index (χ0v) is 15.2. The van der Waals surface area contributed by atoms with Crippen molar-refractivity contribution in [2.24, 2.45) is 0 Å². The molecule has 0 aliphatic rings. The second kappa shape index (κ2) is 7.52. The maximum Gasteiger partial charge on any atom is 0.235 e. The van der Waals surface area contributed by atoms with E-state index in [1.807, 2.05) is 45.0 Å². The second-order valence-electron chi connectivity index (χ2n) is 5.92. The highest BCUT2D eigenvalue weighted by atomic mass is 32.2. The van der Waals surface area contributed by atoms with Crippen LogP contribution < -0.4 is 5.32 Å². The van der Waals surface area contributed by atoms with Gasteiger partial charge in [0.15, 0.2) is 5.82 Å². The van der Waals surface area contributed by atoms with Gasteiger partial charge >= 0.3 is 0 Å². The number of aryl methyl sites for hydroxylation is 1. The summed E-state index contributed by atoms with van der Waals surface area (Å²) in [5.74, 6) is 1.50. The third-order valence-electron chi connectivity index (χ3n) is 3.55. The van der Waals surface area contributed by atoms with Gasteiger partial charge in [0.2, 0.25) is 11.1 Å². The molecule has 0 radical (unpaired) electrons. The summed E-state index contributed by atoms with van der Waals surface area (Å²) in [4.78, 5) is 16.6. The first-order valence-electron chi connectivity index (χ1n) is 7.98. The molecule has 2 aromatic heterocycles. The predicted molar refractivity (Wildman–Crippen MR) is 98.5 cm³/mol. The second-order valence-corrected chi connectivity index (χ2v) is 6.87. The molecule has 0 bridgehead atoms. The Morgan fingerprint density at radius 2 is 2.04 bits per heavy atom. The average Bonchev–Trinajstić information content (AvgIpc) is 3.23. The van der Waals surface area contributed by atoms with Gasteiger partial charge in [-0.15, -0.1) is 5.10 Å². The van der Waals surface area contributed by atoms with Gasteiger partial charge in [-0.2, -0.15) is 5.10 Å². The first-order valence-corrected chi connectivity index (χ1v) is 8.97. The number of hydrogen-bond acceptors (Lipinski definition) is 5. The van der Waals surface area contributed by atoms with E-state index in [0.29, 0.717) is 16.8 Å². The number of aromatic amines is 1. The lowest BCUT2D eigenvalue weighted by Crippen LogP contribution is -2.18. The lowest BCUT2D eigenvalue weighted by molar-refractivity contribution is -0.113. The first kappa shape index (κ1) is 17.2. The quantitative estimate of drug-likeness (QED) is 0.662. The topological polar surface area (TPSA) is 88.5 Å². The minimum Gasteiger partial charge on any atom is -0.310 e. The molecular weight excluding hydrogens is 336 g/mol. The molecule has 7 nitrogen and oxygen atoms in total. The zero-order chi connectivity index (χ0) is 17.8. The summed E-state index contributed by atoms with van der Waals surface area (Å²) in [5, 5.41) is 14.7. The largest absolute Gasteiger partial charge is 0.310 e. The van der Waals surface area contributed by atoms with Gasteiger partial charge in [0, 0.05) is 17.7 Å². The monoisotopic (exact) mass is 356 g/mol. The van der Waals surface area contributed by atoms with Crippen molar-refractivity contribution < 1.29 is 4.79 Å². The van der Waals surface area contributed by atoms with Crippen molar-refractivity contribution >= 4 is 23.5 Å². The lowest BCUT2D eigenvalue weighted by Gasteiger charge is -2.11. The highest BCUT2D eigenvalue weighted by molar-refractivity contribution is 7.99. The van der Waals surface area contributed by atoms with E-state index < -0.39 is 0 Å². The van der Waals surface area contributed by atoms with E-state index in [1.54, 1.807) is 16.9 Å². The Bertz CT molecular complexity index is 852. The fourth-order valence-corrected chi connectivity index (χ4v) is 2.88. The van der Waals surface area contributed by atoms with E-state index in [2.05, 4.69) is 25.6 Å². The van der Waals surface area contributed by atoms with E-state index in [-0.39, 0.29) is 17.7 Å². The van der Waals surface area contributed by atoms with Crippen molar-refractivity contribution in [2.45, 2.75) is 32.0 Å². The summed E-state index contributed by atoms with van der Waals surface area (Å²) in [7, 11) is 0. The van der Waals surface area contributed by atoms with Crippen LogP contribution in [0, 0.1) is 6.92 Å². The molecule has 25 heavy (non-hydrogen) atoms. The Hall–Kier alpha value is -2.61. The van der Waals surface area contributed by atoms with Crippen LogP contribution in [0.2, 0.25) is 0 Å². The van der Waals surface area contributed by atoms with Crippen LogP contribution in [0.25, 0.3) is 11.4 Å². The van der Waals surface area contributed by atoms with E-state index >= 15 is 0 Å². The number of rotatable bonds is 6. The van der Waals surface area contributed by atoms with Gasteiger partial charge in [0.05, 0.1) is 11.9 Å². The highest BCUT2D eigenvalue weighted by Crippen LogP contribution is 2.20. The number of nitrogens with one attached hydrogen (secondary N) is 2. The Kier molecular flexibility index (Phi) is 5.18. The lowest BCUT2D eigenvalue weighted by atomic mass is 10.1. The molecule has 8 heteroatoms. The molecule has 0 spiro atoms. The Morgan fingerprint density at radius 3 is 2.76 bits per heavy atom. The molecule has 1 amide bonds. The normalized spacial score (nSPS) is 11.0. The van der Waals surface area contributed by atoms with E-state index in [4.69, 9.17) is 0 Å². The number of carbonyl (C=O) groups is 1. The van der Waals surface area contributed by atoms with Crippen LogP contribution in [-0.2, 0) is 4.79 Å². The number of anilines is 1. The molecule has 0 aliphatic heterocycles. The van der Waals surface area contributed by atoms with Gasteiger partial charge in [0.25, 0.3) is 0 Å². The summed E-state index contributed by atoms with van der Waals surface area (Å²) in [5.41, 5.74) is 2.16. The Morgan fingerprint density at radius 1 is 1.28 bits per heavy atom.